The largest absolute Gasteiger partial charge is 0.325 e. The van der Waals surface area contributed by atoms with Crippen molar-refractivity contribution in [2.24, 2.45) is 5.73 Å². The van der Waals surface area contributed by atoms with Crippen LogP contribution in [0.15, 0.2) is 28.1 Å². The van der Waals surface area contributed by atoms with E-state index in [1.807, 2.05) is 0 Å². The SMILES string of the molecule is NCc1ccnc(Sc2ncns2)n1. The Hall–Kier alpha value is -1.05. The van der Waals surface area contributed by atoms with Crippen LogP contribution in [0.5, 0.6) is 0 Å². The summed E-state index contributed by atoms with van der Waals surface area (Å²) in [6.07, 6.45) is 3.21. The summed E-state index contributed by atoms with van der Waals surface area (Å²) in [5.74, 6) is 0. The Kier molecular flexibility index (Phi) is 3.02. The van der Waals surface area contributed by atoms with Crippen LogP contribution in [-0.2, 0) is 6.54 Å². The summed E-state index contributed by atoms with van der Waals surface area (Å²) >= 11 is 2.71. The third-order valence-corrected chi connectivity index (χ3v) is 3.01. The van der Waals surface area contributed by atoms with Gasteiger partial charge in [0.15, 0.2) is 9.50 Å². The number of nitrogens with two attached hydrogens (primary N) is 1. The lowest BCUT2D eigenvalue weighted by molar-refractivity contribution is 0.874. The molecule has 2 aromatic rings. The number of rotatable bonds is 3. The van der Waals surface area contributed by atoms with E-state index in [0.29, 0.717) is 11.7 Å². The number of aromatic nitrogens is 4. The van der Waals surface area contributed by atoms with Gasteiger partial charge in [-0.25, -0.2) is 15.0 Å². The second kappa shape index (κ2) is 4.45. The van der Waals surface area contributed by atoms with Gasteiger partial charge in [0.2, 0.25) is 0 Å². The lowest BCUT2D eigenvalue weighted by Crippen LogP contribution is -2.00. The van der Waals surface area contributed by atoms with Crippen LogP contribution in [0.1, 0.15) is 5.69 Å². The van der Waals surface area contributed by atoms with E-state index in [2.05, 4.69) is 19.3 Å². The van der Waals surface area contributed by atoms with Crippen molar-refractivity contribution in [3.63, 3.8) is 0 Å². The van der Waals surface area contributed by atoms with Crippen LogP contribution in [0.4, 0.5) is 0 Å². The average molecular weight is 225 g/mol. The molecule has 2 N–H and O–H groups in total. The molecule has 0 spiro atoms. The molecule has 72 valence electrons. The summed E-state index contributed by atoms with van der Waals surface area (Å²) in [5, 5.41) is 0.657. The lowest BCUT2D eigenvalue weighted by Gasteiger charge is -1.97. The number of hydrogen-bond acceptors (Lipinski definition) is 7. The van der Waals surface area contributed by atoms with Crippen molar-refractivity contribution in [1.29, 1.82) is 0 Å². The first-order chi connectivity index (χ1) is 6.88. The van der Waals surface area contributed by atoms with Crippen LogP contribution in [0.25, 0.3) is 0 Å². The van der Waals surface area contributed by atoms with E-state index in [1.165, 1.54) is 29.6 Å². The Morgan fingerprint density at radius 1 is 1.43 bits per heavy atom. The standard InChI is InChI=1S/C7H7N5S2/c8-3-5-1-2-9-6(12-5)13-7-10-4-11-14-7/h1-2,4H,3,8H2. The molecule has 0 fully saturated rings. The molecule has 0 atom stereocenters. The van der Waals surface area contributed by atoms with Gasteiger partial charge >= 0.3 is 0 Å². The summed E-state index contributed by atoms with van der Waals surface area (Å²) in [6.45, 7) is 0.423. The fraction of sp³-hybridized carbons (Fsp3) is 0.143. The molecule has 0 amide bonds. The van der Waals surface area contributed by atoms with E-state index in [4.69, 9.17) is 5.73 Å². The smallest absolute Gasteiger partial charge is 0.195 e. The topological polar surface area (TPSA) is 77.6 Å². The molecular weight excluding hydrogens is 218 g/mol. The maximum absolute atomic E-state index is 5.47. The van der Waals surface area contributed by atoms with Gasteiger partial charge in [0, 0.05) is 12.7 Å². The lowest BCUT2D eigenvalue weighted by atomic mass is 10.4. The maximum atomic E-state index is 5.47. The van der Waals surface area contributed by atoms with Gasteiger partial charge in [-0.2, -0.15) is 4.37 Å². The van der Waals surface area contributed by atoms with Gasteiger partial charge in [-0.1, -0.05) is 0 Å². The van der Waals surface area contributed by atoms with E-state index >= 15 is 0 Å². The molecule has 0 radical (unpaired) electrons. The van der Waals surface area contributed by atoms with Gasteiger partial charge in [0.25, 0.3) is 0 Å². The molecule has 2 heterocycles. The van der Waals surface area contributed by atoms with Crippen LogP contribution in [0.3, 0.4) is 0 Å². The van der Waals surface area contributed by atoms with Crippen LogP contribution >= 0.6 is 23.3 Å². The van der Waals surface area contributed by atoms with Crippen LogP contribution in [-0.4, -0.2) is 19.3 Å². The van der Waals surface area contributed by atoms with Gasteiger partial charge in [-0.15, -0.1) is 0 Å². The fourth-order valence-electron chi connectivity index (χ4n) is 0.825. The molecule has 0 aliphatic carbocycles. The van der Waals surface area contributed by atoms with E-state index in [0.717, 1.165) is 10.0 Å². The Balaban J connectivity index is 2.17. The van der Waals surface area contributed by atoms with Crippen LogP contribution in [0, 0.1) is 0 Å². The first-order valence-electron chi connectivity index (χ1n) is 3.85. The zero-order chi connectivity index (χ0) is 9.80. The Morgan fingerprint density at radius 3 is 3.07 bits per heavy atom. The van der Waals surface area contributed by atoms with Crippen molar-refractivity contribution in [3.05, 3.63) is 24.3 Å². The predicted octanol–water partition coefficient (Wildman–Crippen LogP) is 0.938. The van der Waals surface area contributed by atoms with E-state index in [1.54, 1.807) is 12.3 Å². The van der Waals surface area contributed by atoms with Gasteiger partial charge < -0.3 is 5.73 Å². The summed E-state index contributed by atoms with van der Waals surface area (Å²) in [7, 11) is 0. The summed E-state index contributed by atoms with van der Waals surface area (Å²) in [4.78, 5) is 12.4. The van der Waals surface area contributed by atoms with E-state index < -0.39 is 0 Å². The zero-order valence-electron chi connectivity index (χ0n) is 7.12. The number of hydrogen-bond donors (Lipinski definition) is 1. The molecule has 14 heavy (non-hydrogen) atoms. The molecule has 0 aliphatic heterocycles. The average Bonchev–Trinajstić information content (AvgIpc) is 2.71. The maximum Gasteiger partial charge on any atom is 0.195 e. The first-order valence-corrected chi connectivity index (χ1v) is 5.44. The molecule has 0 aliphatic rings. The Labute approximate surface area is 89.0 Å². The second-order valence-electron chi connectivity index (χ2n) is 2.34. The zero-order valence-corrected chi connectivity index (χ0v) is 8.75. The van der Waals surface area contributed by atoms with Crippen molar-refractivity contribution >= 4 is 23.3 Å². The van der Waals surface area contributed by atoms with Gasteiger partial charge in [-0.05, 0) is 29.4 Å². The first kappa shape index (κ1) is 9.50. The molecule has 0 aromatic carbocycles. The monoisotopic (exact) mass is 225 g/mol. The molecule has 2 aromatic heterocycles. The second-order valence-corrected chi connectivity index (χ2v) is 4.34. The minimum Gasteiger partial charge on any atom is -0.325 e. The van der Waals surface area contributed by atoms with Crippen molar-refractivity contribution in [2.45, 2.75) is 16.0 Å². The van der Waals surface area contributed by atoms with Crippen LogP contribution < -0.4 is 5.73 Å². The number of nitrogens with zero attached hydrogens (tertiary/aromatic N) is 4. The van der Waals surface area contributed by atoms with Crippen molar-refractivity contribution in [1.82, 2.24) is 19.3 Å². The van der Waals surface area contributed by atoms with Crippen molar-refractivity contribution in [3.8, 4) is 0 Å². The van der Waals surface area contributed by atoms with Crippen molar-refractivity contribution in [2.75, 3.05) is 0 Å². The fourth-order valence-corrected chi connectivity index (χ4v) is 2.14. The highest BCUT2D eigenvalue weighted by molar-refractivity contribution is 8.00. The third kappa shape index (κ3) is 2.25. The van der Waals surface area contributed by atoms with Gasteiger partial charge in [-0.3, -0.25) is 0 Å². The van der Waals surface area contributed by atoms with E-state index in [-0.39, 0.29) is 0 Å². The highest BCUT2D eigenvalue weighted by atomic mass is 32.2. The Bertz CT molecular complexity index is 402. The summed E-state index contributed by atoms with van der Waals surface area (Å²) in [6, 6.07) is 1.80. The normalized spacial score (nSPS) is 10.4. The molecule has 0 bridgehead atoms. The highest BCUT2D eigenvalue weighted by Crippen LogP contribution is 2.24. The van der Waals surface area contributed by atoms with Crippen LogP contribution in [0.2, 0.25) is 0 Å². The minimum absolute atomic E-state index is 0.423. The quantitative estimate of drug-likeness (QED) is 0.783. The van der Waals surface area contributed by atoms with Crippen molar-refractivity contribution < 1.29 is 0 Å². The molecular formula is C7H7N5S2. The summed E-state index contributed by atoms with van der Waals surface area (Å²) < 4.78 is 4.72. The van der Waals surface area contributed by atoms with Gasteiger partial charge in [0.05, 0.1) is 5.69 Å². The predicted molar refractivity (Wildman–Crippen MR) is 54.0 cm³/mol. The molecule has 5 nitrogen and oxygen atoms in total. The Morgan fingerprint density at radius 2 is 2.36 bits per heavy atom. The van der Waals surface area contributed by atoms with Gasteiger partial charge in [0.1, 0.15) is 6.33 Å². The molecule has 7 heteroatoms. The molecule has 2 rings (SSSR count). The molecule has 0 unspecified atom stereocenters. The minimum atomic E-state index is 0.423. The van der Waals surface area contributed by atoms with E-state index in [9.17, 15) is 0 Å². The molecule has 0 saturated heterocycles. The highest BCUT2D eigenvalue weighted by Gasteiger charge is 2.03. The summed E-state index contributed by atoms with van der Waals surface area (Å²) in [5.41, 5.74) is 6.29. The molecule has 0 saturated carbocycles. The third-order valence-electron chi connectivity index (χ3n) is 1.42.